The SMILES string of the molecule is BrC1CCCC1CCC1CCCC1. The Morgan fingerprint density at radius 1 is 0.846 bits per heavy atom. The van der Waals surface area contributed by atoms with E-state index in [4.69, 9.17) is 0 Å². The Bertz CT molecular complexity index is 149. The molecule has 13 heavy (non-hydrogen) atoms. The second-order valence-electron chi connectivity index (χ2n) is 4.93. The van der Waals surface area contributed by atoms with E-state index in [0.717, 1.165) is 16.7 Å². The van der Waals surface area contributed by atoms with Crippen LogP contribution in [0.15, 0.2) is 0 Å². The van der Waals surface area contributed by atoms with Gasteiger partial charge in [-0.15, -0.1) is 0 Å². The van der Waals surface area contributed by atoms with Crippen LogP contribution >= 0.6 is 15.9 Å². The normalized spacial score (nSPS) is 35.8. The molecule has 0 heterocycles. The Kier molecular flexibility index (Phi) is 3.71. The van der Waals surface area contributed by atoms with Gasteiger partial charge in [0.05, 0.1) is 0 Å². The minimum atomic E-state index is 0.855. The topological polar surface area (TPSA) is 0 Å². The lowest BCUT2D eigenvalue weighted by molar-refractivity contribution is 0.409. The number of rotatable bonds is 3. The highest BCUT2D eigenvalue weighted by Gasteiger charge is 2.25. The quantitative estimate of drug-likeness (QED) is 0.641. The lowest BCUT2D eigenvalue weighted by Gasteiger charge is -2.16. The van der Waals surface area contributed by atoms with E-state index in [2.05, 4.69) is 15.9 Å². The maximum absolute atomic E-state index is 3.81. The molecule has 0 aromatic rings. The van der Waals surface area contributed by atoms with Gasteiger partial charge in [0.2, 0.25) is 0 Å². The summed E-state index contributed by atoms with van der Waals surface area (Å²) in [7, 11) is 0. The van der Waals surface area contributed by atoms with Crippen molar-refractivity contribution in [1.82, 2.24) is 0 Å². The highest BCUT2D eigenvalue weighted by Crippen LogP contribution is 2.37. The fraction of sp³-hybridized carbons (Fsp3) is 1.00. The minimum absolute atomic E-state index is 0.855. The molecule has 0 spiro atoms. The molecule has 2 saturated carbocycles. The summed E-state index contributed by atoms with van der Waals surface area (Å²) >= 11 is 3.81. The number of hydrogen-bond donors (Lipinski definition) is 0. The van der Waals surface area contributed by atoms with Crippen LogP contribution in [0, 0.1) is 11.8 Å². The first-order valence-corrected chi connectivity index (χ1v) is 6.92. The van der Waals surface area contributed by atoms with Gasteiger partial charge >= 0.3 is 0 Å². The summed E-state index contributed by atoms with van der Waals surface area (Å²) in [5, 5.41) is 0. The van der Waals surface area contributed by atoms with Crippen molar-refractivity contribution in [3.63, 3.8) is 0 Å². The Morgan fingerprint density at radius 2 is 1.62 bits per heavy atom. The fourth-order valence-corrected chi connectivity index (χ4v) is 3.92. The first kappa shape index (κ1) is 10.0. The molecule has 2 fully saturated rings. The summed E-state index contributed by atoms with van der Waals surface area (Å²) in [6.45, 7) is 0. The van der Waals surface area contributed by atoms with Gasteiger partial charge in [0.15, 0.2) is 0 Å². The third-order valence-corrected chi connectivity index (χ3v) is 5.19. The maximum atomic E-state index is 3.81. The lowest BCUT2D eigenvalue weighted by atomic mass is 9.94. The standard InChI is InChI=1S/C12H21Br/c13-12-7-3-6-11(12)9-8-10-4-1-2-5-10/h10-12H,1-9H2. The molecule has 0 aromatic carbocycles. The third kappa shape index (κ3) is 2.71. The largest absolute Gasteiger partial charge is 0.0888 e. The van der Waals surface area contributed by atoms with Crippen LogP contribution in [0.2, 0.25) is 0 Å². The molecule has 0 aromatic heterocycles. The minimum Gasteiger partial charge on any atom is -0.0888 e. The predicted molar refractivity (Wildman–Crippen MR) is 61.2 cm³/mol. The first-order valence-electron chi connectivity index (χ1n) is 6.00. The molecule has 2 rings (SSSR count). The van der Waals surface area contributed by atoms with Gasteiger partial charge in [-0.3, -0.25) is 0 Å². The van der Waals surface area contributed by atoms with Crippen molar-refractivity contribution in [2.75, 3.05) is 0 Å². The molecule has 0 radical (unpaired) electrons. The average molecular weight is 245 g/mol. The summed E-state index contributed by atoms with van der Waals surface area (Å²) in [6, 6.07) is 0. The molecule has 1 heteroatoms. The van der Waals surface area contributed by atoms with E-state index in [1.165, 1.54) is 57.8 Å². The molecule has 2 atom stereocenters. The molecular weight excluding hydrogens is 224 g/mol. The molecule has 76 valence electrons. The third-order valence-electron chi connectivity index (χ3n) is 3.99. The van der Waals surface area contributed by atoms with Crippen molar-refractivity contribution in [3.05, 3.63) is 0 Å². The van der Waals surface area contributed by atoms with Crippen LogP contribution in [0.5, 0.6) is 0 Å². The van der Waals surface area contributed by atoms with Gasteiger partial charge in [-0.25, -0.2) is 0 Å². The maximum Gasteiger partial charge on any atom is 0.0174 e. The zero-order chi connectivity index (χ0) is 9.10. The van der Waals surface area contributed by atoms with Gasteiger partial charge in [0.1, 0.15) is 0 Å². The molecule has 0 N–H and O–H groups in total. The highest BCUT2D eigenvalue weighted by molar-refractivity contribution is 9.09. The van der Waals surface area contributed by atoms with E-state index in [-0.39, 0.29) is 0 Å². The number of halogens is 1. The molecular formula is C12H21Br. The van der Waals surface area contributed by atoms with Crippen LogP contribution in [0.1, 0.15) is 57.8 Å². The lowest BCUT2D eigenvalue weighted by Crippen LogP contribution is -2.08. The summed E-state index contributed by atoms with van der Waals surface area (Å²) in [6.07, 6.45) is 13.5. The van der Waals surface area contributed by atoms with Crippen LogP contribution in [0.4, 0.5) is 0 Å². The summed E-state index contributed by atoms with van der Waals surface area (Å²) in [4.78, 5) is 0.855. The van der Waals surface area contributed by atoms with Crippen LogP contribution in [-0.4, -0.2) is 4.83 Å². The monoisotopic (exact) mass is 244 g/mol. The first-order chi connectivity index (χ1) is 6.36. The Morgan fingerprint density at radius 3 is 2.23 bits per heavy atom. The van der Waals surface area contributed by atoms with Crippen molar-refractivity contribution >= 4 is 15.9 Å². The summed E-state index contributed by atoms with van der Waals surface area (Å²) in [5.74, 6) is 2.11. The van der Waals surface area contributed by atoms with E-state index in [9.17, 15) is 0 Å². The zero-order valence-corrected chi connectivity index (χ0v) is 10.1. The molecule has 0 aliphatic heterocycles. The molecule has 0 nitrogen and oxygen atoms in total. The van der Waals surface area contributed by atoms with Gasteiger partial charge in [0.25, 0.3) is 0 Å². The smallest absolute Gasteiger partial charge is 0.0174 e. The van der Waals surface area contributed by atoms with Crippen LogP contribution in [0.25, 0.3) is 0 Å². The highest BCUT2D eigenvalue weighted by atomic mass is 79.9. The van der Waals surface area contributed by atoms with E-state index in [0.29, 0.717) is 0 Å². The average Bonchev–Trinajstić information content (AvgIpc) is 2.72. The van der Waals surface area contributed by atoms with Gasteiger partial charge in [-0.2, -0.15) is 0 Å². The second kappa shape index (κ2) is 4.82. The molecule has 0 amide bonds. The Hall–Kier alpha value is 0.480. The molecule has 0 saturated heterocycles. The second-order valence-corrected chi connectivity index (χ2v) is 6.11. The van der Waals surface area contributed by atoms with Crippen molar-refractivity contribution in [1.29, 1.82) is 0 Å². The summed E-state index contributed by atoms with van der Waals surface area (Å²) in [5.41, 5.74) is 0. The Balaban J connectivity index is 1.66. The van der Waals surface area contributed by atoms with Crippen molar-refractivity contribution in [3.8, 4) is 0 Å². The van der Waals surface area contributed by atoms with Crippen LogP contribution < -0.4 is 0 Å². The van der Waals surface area contributed by atoms with Crippen LogP contribution in [-0.2, 0) is 0 Å². The zero-order valence-electron chi connectivity index (χ0n) is 8.47. The Labute approximate surface area is 90.6 Å². The molecule has 0 bridgehead atoms. The van der Waals surface area contributed by atoms with E-state index >= 15 is 0 Å². The predicted octanol–water partition coefficient (Wildman–Crippen LogP) is 4.52. The number of hydrogen-bond acceptors (Lipinski definition) is 0. The van der Waals surface area contributed by atoms with E-state index in [1.807, 2.05) is 0 Å². The van der Waals surface area contributed by atoms with Gasteiger partial charge in [-0.1, -0.05) is 54.5 Å². The van der Waals surface area contributed by atoms with Crippen LogP contribution in [0.3, 0.4) is 0 Å². The van der Waals surface area contributed by atoms with Crippen molar-refractivity contribution < 1.29 is 0 Å². The molecule has 2 aliphatic rings. The fourth-order valence-electron chi connectivity index (χ4n) is 3.07. The molecule has 2 aliphatic carbocycles. The summed E-state index contributed by atoms with van der Waals surface area (Å²) < 4.78 is 0. The van der Waals surface area contributed by atoms with Gasteiger partial charge in [0, 0.05) is 4.83 Å². The van der Waals surface area contributed by atoms with E-state index < -0.39 is 0 Å². The van der Waals surface area contributed by atoms with Gasteiger partial charge < -0.3 is 0 Å². The van der Waals surface area contributed by atoms with E-state index in [1.54, 1.807) is 0 Å². The molecule has 2 unspecified atom stereocenters. The van der Waals surface area contributed by atoms with Crippen molar-refractivity contribution in [2.24, 2.45) is 11.8 Å². The van der Waals surface area contributed by atoms with Gasteiger partial charge in [-0.05, 0) is 31.1 Å². The van der Waals surface area contributed by atoms with Crippen molar-refractivity contribution in [2.45, 2.75) is 62.6 Å². The number of alkyl halides is 1.